The van der Waals surface area contributed by atoms with Crippen molar-refractivity contribution < 1.29 is 28.4 Å². The minimum absolute atomic E-state index is 0. The molecule has 0 heterocycles. The second kappa shape index (κ2) is 5.43. The van der Waals surface area contributed by atoms with E-state index in [1.54, 1.807) is 0 Å². The molecule has 0 aliphatic rings. The van der Waals surface area contributed by atoms with Crippen molar-refractivity contribution in [3.8, 4) is 0 Å². The standard InChI is InChI=1S/C7H8O6S2.Mg.2H/c1-13-15(11,12)7-4-2-6(3-5-7)14(8,9)10;;;/h2-5H,1H3,(H,8,9,10);;;/q;+2;2*-1. The first kappa shape index (κ1) is 15.8. The summed E-state index contributed by atoms with van der Waals surface area (Å²) in [4.78, 5) is -0.560. The molecular formula is C7H10MgO6S2. The van der Waals surface area contributed by atoms with E-state index in [1.807, 2.05) is 0 Å². The predicted molar refractivity (Wildman–Crippen MR) is 58.4 cm³/mol. The Kier molecular flexibility index (Phi) is 5.36. The molecule has 0 spiro atoms. The van der Waals surface area contributed by atoms with E-state index in [0.29, 0.717) is 0 Å². The Morgan fingerprint density at radius 1 is 1.06 bits per heavy atom. The second-order valence-corrected chi connectivity index (χ2v) is 5.70. The summed E-state index contributed by atoms with van der Waals surface area (Å²) in [7, 11) is -7.15. The molecule has 0 amide bonds. The zero-order valence-corrected chi connectivity index (χ0v) is 11.4. The van der Waals surface area contributed by atoms with E-state index >= 15 is 0 Å². The average molecular weight is 279 g/mol. The maximum atomic E-state index is 11.1. The van der Waals surface area contributed by atoms with E-state index in [2.05, 4.69) is 4.18 Å². The van der Waals surface area contributed by atoms with Gasteiger partial charge in [-0.05, 0) is 24.3 Å². The Bertz CT molecular complexity index is 554. The smallest absolute Gasteiger partial charge is 1.00 e. The first-order chi connectivity index (χ1) is 6.77. The number of hydrogen-bond acceptors (Lipinski definition) is 5. The van der Waals surface area contributed by atoms with Crippen LogP contribution in [0.3, 0.4) is 0 Å². The molecule has 0 radical (unpaired) electrons. The van der Waals surface area contributed by atoms with Crippen molar-refractivity contribution in [3.05, 3.63) is 24.3 Å². The first-order valence-corrected chi connectivity index (χ1v) is 6.50. The van der Waals surface area contributed by atoms with Crippen molar-refractivity contribution in [3.63, 3.8) is 0 Å². The Hall–Kier alpha value is -0.194. The van der Waals surface area contributed by atoms with Crippen LogP contribution in [0.15, 0.2) is 34.1 Å². The second-order valence-electron chi connectivity index (χ2n) is 2.57. The summed E-state index contributed by atoms with van der Waals surface area (Å²) < 4.78 is 56.4. The molecule has 0 bridgehead atoms. The quantitative estimate of drug-likeness (QED) is 0.479. The summed E-state index contributed by atoms with van der Waals surface area (Å²) >= 11 is 0. The molecule has 1 rings (SSSR count). The van der Waals surface area contributed by atoms with Gasteiger partial charge in [0, 0.05) is 0 Å². The van der Waals surface area contributed by atoms with Gasteiger partial charge in [-0.2, -0.15) is 16.8 Å². The predicted octanol–water partition coefficient (Wildman–Crippen LogP) is 0.113. The minimum atomic E-state index is -4.31. The SMILES string of the molecule is COS(=O)(=O)c1ccc(S(=O)(=O)O)cc1.[H-].[H-].[Mg+2]. The number of rotatable bonds is 3. The Morgan fingerprint density at radius 3 is 1.75 bits per heavy atom. The van der Waals surface area contributed by atoms with Gasteiger partial charge in [-0.15, -0.1) is 0 Å². The van der Waals surface area contributed by atoms with Crippen LogP contribution in [0, 0.1) is 0 Å². The van der Waals surface area contributed by atoms with E-state index in [9.17, 15) is 16.8 Å². The molecule has 1 N–H and O–H groups in total. The molecule has 0 fully saturated rings. The molecule has 0 saturated heterocycles. The fraction of sp³-hybridized carbons (Fsp3) is 0.143. The van der Waals surface area contributed by atoms with E-state index < -0.39 is 20.2 Å². The van der Waals surface area contributed by atoms with Gasteiger partial charge in [-0.1, -0.05) is 0 Å². The van der Waals surface area contributed by atoms with Crippen LogP contribution in [0.4, 0.5) is 0 Å². The van der Waals surface area contributed by atoms with Crippen LogP contribution in [0.2, 0.25) is 0 Å². The molecule has 9 heteroatoms. The number of hydrogen-bond donors (Lipinski definition) is 1. The Morgan fingerprint density at radius 2 is 1.44 bits per heavy atom. The van der Waals surface area contributed by atoms with Gasteiger partial charge >= 0.3 is 23.1 Å². The maximum Gasteiger partial charge on any atom is 2.00 e. The van der Waals surface area contributed by atoms with Crippen molar-refractivity contribution in [2.45, 2.75) is 9.79 Å². The molecular weight excluding hydrogens is 269 g/mol. The van der Waals surface area contributed by atoms with Crippen molar-refractivity contribution in [2.75, 3.05) is 7.11 Å². The monoisotopic (exact) mass is 278 g/mol. The minimum Gasteiger partial charge on any atom is -1.00 e. The molecule has 6 nitrogen and oxygen atoms in total. The van der Waals surface area contributed by atoms with Gasteiger partial charge in [0.2, 0.25) is 0 Å². The Balaban J connectivity index is -0.000000750. The third kappa shape index (κ3) is 3.68. The fourth-order valence-electron chi connectivity index (χ4n) is 0.875. The summed E-state index contributed by atoms with van der Waals surface area (Å²) in [6.07, 6.45) is 0. The fourth-order valence-corrected chi connectivity index (χ4v) is 2.02. The van der Waals surface area contributed by atoms with E-state index in [1.165, 1.54) is 0 Å². The summed E-state index contributed by atoms with van der Waals surface area (Å²) in [6, 6.07) is 4.01. The largest absolute Gasteiger partial charge is 2.00 e. The molecule has 0 aromatic heterocycles. The third-order valence-corrected chi connectivity index (χ3v) is 3.79. The van der Waals surface area contributed by atoms with Crippen LogP contribution in [-0.2, 0) is 24.4 Å². The molecule has 0 aliphatic carbocycles. The molecule has 0 unspecified atom stereocenters. The van der Waals surface area contributed by atoms with Gasteiger partial charge in [0.05, 0.1) is 16.9 Å². The van der Waals surface area contributed by atoms with Gasteiger partial charge in [0.25, 0.3) is 20.2 Å². The van der Waals surface area contributed by atoms with Gasteiger partial charge in [-0.3, -0.25) is 8.74 Å². The van der Waals surface area contributed by atoms with E-state index in [-0.39, 0.29) is 35.7 Å². The van der Waals surface area contributed by atoms with E-state index in [0.717, 1.165) is 31.4 Å². The van der Waals surface area contributed by atoms with Gasteiger partial charge < -0.3 is 2.85 Å². The molecule has 1 aromatic carbocycles. The van der Waals surface area contributed by atoms with Crippen molar-refractivity contribution in [1.29, 1.82) is 0 Å². The number of benzene rings is 1. The molecule has 0 aliphatic heterocycles. The van der Waals surface area contributed by atoms with Crippen LogP contribution >= 0.6 is 0 Å². The van der Waals surface area contributed by atoms with Gasteiger partial charge in [0.1, 0.15) is 0 Å². The zero-order valence-electron chi connectivity index (χ0n) is 10.3. The topological polar surface area (TPSA) is 97.7 Å². The third-order valence-electron chi connectivity index (χ3n) is 1.63. The molecule has 1 aromatic rings. The molecule has 88 valence electrons. The average Bonchev–Trinajstić information content (AvgIpc) is 2.17. The molecule has 0 saturated carbocycles. The zero-order chi connectivity index (χ0) is 11.7. The summed E-state index contributed by atoms with van der Waals surface area (Å²) in [5.74, 6) is 0. The van der Waals surface area contributed by atoms with Crippen LogP contribution in [0.1, 0.15) is 2.85 Å². The Labute approximate surface area is 113 Å². The van der Waals surface area contributed by atoms with Crippen LogP contribution in [0.5, 0.6) is 0 Å². The normalized spacial score (nSPS) is 11.9. The van der Waals surface area contributed by atoms with Crippen LogP contribution < -0.4 is 0 Å². The van der Waals surface area contributed by atoms with Crippen LogP contribution in [-0.4, -0.2) is 51.6 Å². The van der Waals surface area contributed by atoms with Crippen molar-refractivity contribution >= 4 is 43.3 Å². The van der Waals surface area contributed by atoms with Crippen molar-refractivity contribution in [2.24, 2.45) is 0 Å². The summed E-state index contributed by atoms with van der Waals surface area (Å²) in [6.45, 7) is 0. The van der Waals surface area contributed by atoms with Crippen molar-refractivity contribution in [1.82, 2.24) is 0 Å². The van der Waals surface area contributed by atoms with Crippen LogP contribution in [0.25, 0.3) is 0 Å². The first-order valence-electron chi connectivity index (χ1n) is 3.65. The maximum absolute atomic E-state index is 11.1. The molecule has 0 atom stereocenters. The van der Waals surface area contributed by atoms with Gasteiger partial charge in [-0.25, -0.2) is 0 Å². The van der Waals surface area contributed by atoms with Gasteiger partial charge in [0.15, 0.2) is 0 Å². The summed E-state index contributed by atoms with van der Waals surface area (Å²) in [5.41, 5.74) is 0. The van der Waals surface area contributed by atoms with E-state index in [4.69, 9.17) is 4.55 Å². The molecule has 16 heavy (non-hydrogen) atoms. The summed E-state index contributed by atoms with van der Waals surface area (Å²) in [5, 5.41) is 0.